The van der Waals surface area contributed by atoms with Crippen molar-refractivity contribution in [2.45, 2.75) is 0 Å². The largest absolute Gasteiger partial charge is 0.551 e. The lowest BCUT2D eigenvalue weighted by Crippen LogP contribution is -2.53. The van der Waals surface area contributed by atoms with Crippen LogP contribution in [0.5, 0.6) is 17.2 Å². The first-order valence-corrected chi connectivity index (χ1v) is 18.1. The SMILES string of the molecule is c1cc(-c2ccc3c(c2)B2Oc4ccccc4-c4cc(-n5c6ccccc6c6ccccc65)cc(c42)O3)cc(-n2c3ccccc3c3ccccc32)c1. The first-order valence-electron chi connectivity index (χ1n) is 18.1. The second-order valence-corrected chi connectivity index (χ2v) is 14.0. The molecule has 0 atom stereocenters. The Morgan fingerprint density at radius 3 is 1.60 bits per heavy atom. The lowest BCUT2D eigenvalue weighted by Gasteiger charge is -2.33. The number of hydrogen-bond acceptors (Lipinski definition) is 2. The number of rotatable bonds is 3. The van der Waals surface area contributed by atoms with Crippen LogP contribution < -0.4 is 20.3 Å². The zero-order valence-electron chi connectivity index (χ0n) is 28.5. The fourth-order valence-electron chi connectivity index (χ4n) is 8.89. The van der Waals surface area contributed by atoms with Crippen LogP contribution in [0.2, 0.25) is 0 Å². The van der Waals surface area contributed by atoms with Crippen LogP contribution in [-0.2, 0) is 0 Å². The highest BCUT2D eigenvalue weighted by molar-refractivity contribution is 6.84. The Hall–Kier alpha value is -6.98. The van der Waals surface area contributed by atoms with Gasteiger partial charge in [0, 0.05) is 49.8 Å². The Morgan fingerprint density at radius 2 is 0.943 bits per heavy atom. The molecule has 2 aliphatic heterocycles. The Morgan fingerprint density at radius 1 is 0.377 bits per heavy atom. The van der Waals surface area contributed by atoms with Crippen LogP contribution in [-0.4, -0.2) is 16.0 Å². The van der Waals surface area contributed by atoms with E-state index in [-0.39, 0.29) is 6.92 Å². The first kappa shape index (κ1) is 28.7. The van der Waals surface area contributed by atoms with E-state index in [9.17, 15) is 0 Å². The molecule has 0 saturated heterocycles. The summed E-state index contributed by atoms with van der Waals surface area (Å²) in [6.45, 7) is -0.314. The molecule has 5 heteroatoms. The number of fused-ring (bicyclic) bond motifs is 10. The minimum Gasteiger partial charge on any atom is -0.551 e. The van der Waals surface area contributed by atoms with Gasteiger partial charge in [0.1, 0.15) is 17.2 Å². The summed E-state index contributed by atoms with van der Waals surface area (Å²) in [5, 5.41) is 4.98. The molecule has 0 fully saturated rings. The van der Waals surface area contributed by atoms with Gasteiger partial charge in [-0.15, -0.1) is 0 Å². The quantitative estimate of drug-likeness (QED) is 0.174. The molecule has 0 amide bonds. The van der Waals surface area contributed by atoms with E-state index in [1.807, 2.05) is 0 Å². The van der Waals surface area contributed by atoms with Crippen LogP contribution in [0, 0.1) is 0 Å². The van der Waals surface area contributed by atoms with Gasteiger partial charge in [-0.3, -0.25) is 0 Å². The standard InChI is InChI=1S/C48H29BN2O2/c1-6-19-41-34(14-1)35-15-2-7-20-42(35)50(41)32-13-11-12-30(26-32)31-24-25-46-40(27-31)49-48-39(38-18-5-10-23-45(38)53-49)28-33(29-47(48)52-46)51-43-21-8-3-16-36(43)37-17-4-9-22-44(37)51/h1-29H. The van der Waals surface area contributed by atoms with E-state index in [0.717, 1.165) is 61.8 Å². The van der Waals surface area contributed by atoms with E-state index in [4.69, 9.17) is 9.39 Å². The molecule has 0 aliphatic carbocycles. The Kier molecular flexibility index (Phi) is 5.83. The highest BCUT2D eigenvalue weighted by atomic mass is 16.5. The van der Waals surface area contributed by atoms with Crippen LogP contribution in [0.4, 0.5) is 0 Å². The second-order valence-electron chi connectivity index (χ2n) is 14.0. The van der Waals surface area contributed by atoms with Crippen LogP contribution in [0.25, 0.3) is 77.2 Å². The second kappa shape index (κ2) is 10.8. The van der Waals surface area contributed by atoms with Crippen molar-refractivity contribution in [2.75, 3.05) is 0 Å². The normalized spacial score (nSPS) is 12.8. The maximum Gasteiger partial charge on any atom is 0.434 e. The molecule has 0 unspecified atom stereocenters. The minimum atomic E-state index is -0.314. The number of aromatic nitrogens is 2. The molecule has 8 aromatic carbocycles. The molecule has 12 rings (SSSR count). The number of benzene rings is 8. The van der Waals surface area contributed by atoms with Gasteiger partial charge >= 0.3 is 6.92 Å². The van der Waals surface area contributed by atoms with Gasteiger partial charge in [0.2, 0.25) is 0 Å². The molecule has 0 spiro atoms. The summed E-state index contributed by atoms with van der Waals surface area (Å²) < 4.78 is 18.5. The van der Waals surface area contributed by atoms with Gasteiger partial charge in [0.05, 0.1) is 27.8 Å². The monoisotopic (exact) mass is 676 g/mol. The average Bonchev–Trinajstić information content (AvgIpc) is 3.74. The molecular weight excluding hydrogens is 647 g/mol. The fraction of sp³-hybridized carbons (Fsp3) is 0. The van der Waals surface area contributed by atoms with Crippen LogP contribution in [0.15, 0.2) is 176 Å². The third-order valence-electron chi connectivity index (χ3n) is 11.2. The molecule has 2 aliphatic rings. The molecule has 246 valence electrons. The number of para-hydroxylation sites is 5. The van der Waals surface area contributed by atoms with E-state index in [1.165, 1.54) is 43.6 Å². The summed E-state index contributed by atoms with van der Waals surface area (Å²) >= 11 is 0. The van der Waals surface area contributed by atoms with Crippen molar-refractivity contribution in [3.05, 3.63) is 176 Å². The van der Waals surface area contributed by atoms with Crippen LogP contribution in [0.1, 0.15) is 0 Å². The summed E-state index contributed by atoms with van der Waals surface area (Å²) in [6.07, 6.45) is 0. The highest BCUT2D eigenvalue weighted by Gasteiger charge is 2.41. The van der Waals surface area contributed by atoms with Crippen molar-refractivity contribution < 1.29 is 9.39 Å². The van der Waals surface area contributed by atoms with Crippen LogP contribution in [0.3, 0.4) is 0 Å². The fourth-order valence-corrected chi connectivity index (χ4v) is 8.89. The van der Waals surface area contributed by atoms with Crippen molar-refractivity contribution in [3.8, 4) is 50.9 Å². The van der Waals surface area contributed by atoms with Gasteiger partial charge < -0.3 is 18.5 Å². The summed E-state index contributed by atoms with van der Waals surface area (Å²) in [4.78, 5) is 0. The predicted octanol–water partition coefficient (Wildman–Crippen LogP) is 10.8. The van der Waals surface area contributed by atoms with Gasteiger partial charge in [-0.1, -0.05) is 115 Å². The number of nitrogens with zero attached hydrogens (tertiary/aromatic N) is 2. The van der Waals surface area contributed by atoms with E-state index in [1.54, 1.807) is 0 Å². The minimum absolute atomic E-state index is 0.314. The van der Waals surface area contributed by atoms with Gasteiger partial charge in [-0.2, -0.15) is 0 Å². The third-order valence-corrected chi connectivity index (χ3v) is 11.2. The molecule has 4 heterocycles. The molecule has 2 aromatic heterocycles. The van der Waals surface area contributed by atoms with Gasteiger partial charge in [0.25, 0.3) is 0 Å². The predicted molar refractivity (Wildman–Crippen MR) is 218 cm³/mol. The summed E-state index contributed by atoms with van der Waals surface area (Å²) in [7, 11) is 0. The molecule has 53 heavy (non-hydrogen) atoms. The zero-order chi connectivity index (χ0) is 34.6. The van der Waals surface area contributed by atoms with E-state index in [2.05, 4.69) is 185 Å². The van der Waals surface area contributed by atoms with Crippen molar-refractivity contribution >= 4 is 61.5 Å². The Balaban J connectivity index is 1.02. The third kappa shape index (κ3) is 4.07. The molecule has 4 nitrogen and oxygen atoms in total. The highest BCUT2D eigenvalue weighted by Crippen LogP contribution is 2.42. The topological polar surface area (TPSA) is 28.3 Å². The van der Waals surface area contributed by atoms with Gasteiger partial charge in [0.15, 0.2) is 0 Å². The molecular formula is C48H29BN2O2. The van der Waals surface area contributed by atoms with Gasteiger partial charge in [-0.05, 0) is 71.3 Å². The summed E-state index contributed by atoms with van der Waals surface area (Å²) in [5.74, 6) is 2.52. The maximum atomic E-state index is 6.92. The lowest BCUT2D eigenvalue weighted by atomic mass is 9.50. The first-order chi connectivity index (χ1) is 26.3. The molecule has 0 N–H and O–H groups in total. The van der Waals surface area contributed by atoms with Crippen molar-refractivity contribution in [3.63, 3.8) is 0 Å². The number of hydrogen-bond donors (Lipinski definition) is 0. The van der Waals surface area contributed by atoms with Crippen molar-refractivity contribution in [2.24, 2.45) is 0 Å². The number of ether oxygens (including phenoxy) is 1. The van der Waals surface area contributed by atoms with E-state index < -0.39 is 0 Å². The maximum absolute atomic E-state index is 6.92. The molecule has 0 radical (unpaired) electrons. The molecule has 0 saturated carbocycles. The van der Waals surface area contributed by atoms with E-state index >= 15 is 0 Å². The van der Waals surface area contributed by atoms with Gasteiger partial charge in [-0.25, -0.2) is 0 Å². The summed E-state index contributed by atoms with van der Waals surface area (Å²) in [5.41, 5.74) is 13.5. The zero-order valence-corrected chi connectivity index (χ0v) is 28.5. The molecule has 10 aromatic rings. The smallest absolute Gasteiger partial charge is 0.434 e. The Labute approximate surface area is 305 Å². The van der Waals surface area contributed by atoms with Crippen molar-refractivity contribution in [1.82, 2.24) is 9.13 Å². The van der Waals surface area contributed by atoms with Crippen LogP contribution >= 0.6 is 0 Å². The van der Waals surface area contributed by atoms with E-state index in [0.29, 0.717) is 0 Å². The lowest BCUT2D eigenvalue weighted by molar-refractivity contribution is 0.479. The molecule has 0 bridgehead atoms. The van der Waals surface area contributed by atoms with Crippen molar-refractivity contribution in [1.29, 1.82) is 0 Å². The summed E-state index contributed by atoms with van der Waals surface area (Å²) in [6, 6.07) is 62.8. The average molecular weight is 677 g/mol. The Bertz CT molecular complexity index is 3050.